The van der Waals surface area contributed by atoms with Gasteiger partial charge in [0.25, 0.3) is 0 Å². The van der Waals surface area contributed by atoms with Crippen LogP contribution in [-0.2, 0) is 27.3 Å². The molecule has 0 unspecified atom stereocenters. The van der Waals surface area contributed by atoms with E-state index in [9.17, 15) is 9.59 Å². The van der Waals surface area contributed by atoms with Gasteiger partial charge in [-0.05, 0) is 43.2 Å². The average Bonchev–Trinajstić information content (AvgIpc) is 3.50. The Bertz CT molecular complexity index is 1040. The molecule has 3 aliphatic rings. The van der Waals surface area contributed by atoms with Crippen molar-refractivity contribution in [1.82, 2.24) is 4.90 Å². The number of aliphatic hydroxyl groups excluding tert-OH is 1. The van der Waals surface area contributed by atoms with Gasteiger partial charge in [-0.15, -0.1) is 0 Å². The molecule has 2 aromatic rings. The first-order valence-corrected chi connectivity index (χ1v) is 10.6. The van der Waals surface area contributed by atoms with Gasteiger partial charge in [0.15, 0.2) is 0 Å². The van der Waals surface area contributed by atoms with Gasteiger partial charge in [0, 0.05) is 19.3 Å². The number of carbonyl (C=O) groups excluding carboxylic acids is 2. The number of fused-ring (bicyclic) bond motifs is 1. The van der Waals surface area contributed by atoms with Gasteiger partial charge in [0.1, 0.15) is 17.1 Å². The molecule has 0 radical (unpaired) electrons. The zero-order valence-electron chi connectivity index (χ0n) is 17.7. The molecule has 1 spiro atoms. The number of amides is 2. The third-order valence-corrected chi connectivity index (χ3v) is 6.60. The summed E-state index contributed by atoms with van der Waals surface area (Å²) in [5.74, 6) is 0.244. The molecule has 1 aromatic heterocycles. The van der Waals surface area contributed by atoms with Crippen LogP contribution < -0.4 is 4.90 Å². The number of hydrogen-bond acceptors (Lipinski definition) is 5. The third-order valence-electron chi connectivity index (χ3n) is 6.60. The standard InChI is InChI=1S/C24H26N2O5/c1-15-3-8-18(30-15)13-25(2)22(28)20-19-9-11-24(31-19)14-26(23(29)21(20)24)17-6-4-16(5-7-17)10-12-27/h3-9,11,19-21,27H,10,12-14H2,1-2H3/t19-,20+,21-,24-/m0/s1. The number of furan rings is 1. The van der Waals surface area contributed by atoms with Crippen molar-refractivity contribution < 1.29 is 23.8 Å². The quantitative estimate of drug-likeness (QED) is 0.721. The number of benzene rings is 1. The highest BCUT2D eigenvalue weighted by Gasteiger charge is 2.67. The number of anilines is 1. The maximum Gasteiger partial charge on any atom is 0.234 e. The molecule has 1 N–H and O–H groups in total. The van der Waals surface area contributed by atoms with E-state index in [0.29, 0.717) is 25.3 Å². The molecule has 0 aliphatic carbocycles. The Kier molecular flexibility index (Phi) is 4.75. The summed E-state index contributed by atoms with van der Waals surface area (Å²) in [6, 6.07) is 11.3. The van der Waals surface area contributed by atoms with Crippen molar-refractivity contribution in [2.24, 2.45) is 11.8 Å². The largest absolute Gasteiger partial charge is 0.464 e. The first-order chi connectivity index (χ1) is 14.9. The molecule has 2 bridgehead atoms. The molecular weight excluding hydrogens is 396 g/mol. The van der Waals surface area contributed by atoms with Gasteiger partial charge in [-0.1, -0.05) is 24.3 Å². The zero-order valence-corrected chi connectivity index (χ0v) is 17.7. The summed E-state index contributed by atoms with van der Waals surface area (Å²) in [5, 5.41) is 9.11. The molecule has 2 fully saturated rings. The lowest BCUT2D eigenvalue weighted by Gasteiger charge is -2.27. The molecule has 0 saturated carbocycles. The Labute approximate surface area is 180 Å². The second kappa shape index (κ2) is 7.35. The van der Waals surface area contributed by atoms with Gasteiger partial charge in [-0.3, -0.25) is 9.59 Å². The van der Waals surface area contributed by atoms with Gasteiger partial charge in [0.2, 0.25) is 11.8 Å². The Morgan fingerprint density at radius 3 is 2.71 bits per heavy atom. The molecule has 7 heteroatoms. The molecule has 4 heterocycles. The van der Waals surface area contributed by atoms with E-state index in [0.717, 1.165) is 17.0 Å². The highest BCUT2D eigenvalue weighted by molar-refractivity contribution is 6.03. The van der Waals surface area contributed by atoms with Crippen LogP contribution in [0.3, 0.4) is 0 Å². The zero-order chi connectivity index (χ0) is 21.8. The molecule has 3 aliphatic heterocycles. The summed E-state index contributed by atoms with van der Waals surface area (Å²) >= 11 is 0. The Balaban J connectivity index is 1.37. The maximum absolute atomic E-state index is 13.5. The van der Waals surface area contributed by atoms with Crippen molar-refractivity contribution in [2.45, 2.75) is 31.6 Å². The van der Waals surface area contributed by atoms with Crippen molar-refractivity contribution in [3.8, 4) is 0 Å². The fourth-order valence-corrected chi connectivity index (χ4v) is 5.11. The summed E-state index contributed by atoms with van der Waals surface area (Å²) in [5.41, 5.74) is 1.03. The van der Waals surface area contributed by atoms with E-state index < -0.39 is 17.4 Å². The number of hydrogen-bond donors (Lipinski definition) is 1. The second-order valence-corrected chi connectivity index (χ2v) is 8.67. The lowest BCUT2D eigenvalue weighted by atomic mass is 9.76. The lowest BCUT2D eigenvalue weighted by molar-refractivity contribution is -0.139. The number of nitrogens with zero attached hydrogens (tertiary/aromatic N) is 2. The van der Waals surface area contributed by atoms with E-state index in [4.69, 9.17) is 14.3 Å². The first kappa shape index (κ1) is 20.0. The minimum atomic E-state index is -0.756. The van der Waals surface area contributed by atoms with Gasteiger partial charge >= 0.3 is 0 Å². The van der Waals surface area contributed by atoms with Crippen LogP contribution >= 0.6 is 0 Å². The van der Waals surface area contributed by atoms with Crippen molar-refractivity contribution in [1.29, 1.82) is 0 Å². The smallest absolute Gasteiger partial charge is 0.234 e. The third kappa shape index (κ3) is 3.20. The molecule has 4 atom stereocenters. The SMILES string of the molecule is Cc1ccc(CN(C)C(=O)[C@@H]2[C@@H]3C=C[C@@]4(CN(c5ccc(CCO)cc5)C(=O)[C@H]24)O3)o1. The molecule has 162 valence electrons. The van der Waals surface area contributed by atoms with Crippen LogP contribution in [0.15, 0.2) is 53.0 Å². The predicted octanol–water partition coefficient (Wildman–Crippen LogP) is 2.07. The molecular formula is C24H26N2O5. The van der Waals surface area contributed by atoms with Crippen LogP contribution in [0, 0.1) is 18.8 Å². The Morgan fingerprint density at radius 1 is 1.26 bits per heavy atom. The molecule has 2 saturated heterocycles. The minimum Gasteiger partial charge on any atom is -0.464 e. The lowest BCUT2D eigenvalue weighted by Crippen LogP contribution is -2.44. The fourth-order valence-electron chi connectivity index (χ4n) is 5.11. The van der Waals surface area contributed by atoms with Crippen LogP contribution in [0.25, 0.3) is 0 Å². The van der Waals surface area contributed by atoms with Crippen LogP contribution in [0.4, 0.5) is 5.69 Å². The summed E-state index contributed by atoms with van der Waals surface area (Å²) in [6.45, 7) is 2.70. The molecule has 5 rings (SSSR count). The fraction of sp³-hybridized carbons (Fsp3) is 0.417. The van der Waals surface area contributed by atoms with E-state index in [1.165, 1.54) is 0 Å². The van der Waals surface area contributed by atoms with E-state index in [1.807, 2.05) is 55.5 Å². The van der Waals surface area contributed by atoms with Crippen LogP contribution in [-0.4, -0.2) is 53.7 Å². The van der Waals surface area contributed by atoms with Gasteiger partial charge in [-0.2, -0.15) is 0 Å². The van der Waals surface area contributed by atoms with E-state index >= 15 is 0 Å². The number of ether oxygens (including phenoxy) is 1. The van der Waals surface area contributed by atoms with Crippen LogP contribution in [0.1, 0.15) is 17.1 Å². The predicted molar refractivity (Wildman–Crippen MR) is 113 cm³/mol. The van der Waals surface area contributed by atoms with Crippen molar-refractivity contribution in [3.63, 3.8) is 0 Å². The minimum absolute atomic E-state index is 0.0812. The highest BCUT2D eigenvalue weighted by atomic mass is 16.5. The summed E-state index contributed by atoms with van der Waals surface area (Å²) in [7, 11) is 1.74. The maximum atomic E-state index is 13.5. The van der Waals surface area contributed by atoms with E-state index in [-0.39, 0.29) is 24.5 Å². The molecule has 7 nitrogen and oxygen atoms in total. The summed E-state index contributed by atoms with van der Waals surface area (Å²) in [4.78, 5) is 30.2. The average molecular weight is 422 g/mol. The second-order valence-electron chi connectivity index (χ2n) is 8.67. The van der Waals surface area contributed by atoms with E-state index in [1.54, 1.807) is 16.8 Å². The number of aryl methyl sites for hydroxylation is 1. The topological polar surface area (TPSA) is 83.2 Å². The van der Waals surface area contributed by atoms with Crippen LogP contribution in [0.2, 0.25) is 0 Å². The van der Waals surface area contributed by atoms with Crippen molar-refractivity contribution in [3.05, 3.63) is 65.6 Å². The van der Waals surface area contributed by atoms with Gasteiger partial charge in [-0.25, -0.2) is 0 Å². The number of rotatable bonds is 6. The number of aliphatic hydroxyl groups is 1. The Hall–Kier alpha value is -2.90. The Morgan fingerprint density at radius 2 is 2.03 bits per heavy atom. The first-order valence-electron chi connectivity index (χ1n) is 10.6. The normalized spacial score (nSPS) is 28.4. The highest BCUT2D eigenvalue weighted by Crippen LogP contribution is 2.53. The summed E-state index contributed by atoms with van der Waals surface area (Å²) in [6.07, 6.45) is 4.08. The number of carbonyl (C=O) groups is 2. The van der Waals surface area contributed by atoms with E-state index in [2.05, 4.69) is 0 Å². The monoisotopic (exact) mass is 422 g/mol. The summed E-state index contributed by atoms with van der Waals surface area (Å²) < 4.78 is 11.8. The van der Waals surface area contributed by atoms with Gasteiger partial charge < -0.3 is 24.1 Å². The van der Waals surface area contributed by atoms with Crippen LogP contribution in [0.5, 0.6) is 0 Å². The molecule has 1 aromatic carbocycles. The molecule has 2 amide bonds. The van der Waals surface area contributed by atoms with Gasteiger partial charge in [0.05, 0.1) is 31.0 Å². The van der Waals surface area contributed by atoms with Crippen molar-refractivity contribution in [2.75, 3.05) is 25.1 Å². The van der Waals surface area contributed by atoms with Crippen molar-refractivity contribution >= 4 is 17.5 Å². The molecule has 31 heavy (non-hydrogen) atoms.